The number of carbonyl (C=O) groups is 2. The van der Waals surface area contributed by atoms with E-state index in [9.17, 15) is 14.0 Å². The molecule has 0 atom stereocenters. The van der Waals surface area contributed by atoms with E-state index in [1.54, 1.807) is 11.0 Å². The molecule has 6 nitrogen and oxygen atoms in total. The highest BCUT2D eigenvalue weighted by Gasteiger charge is 2.36. The summed E-state index contributed by atoms with van der Waals surface area (Å²) in [5, 5.41) is 0. The van der Waals surface area contributed by atoms with Crippen LogP contribution in [0.25, 0.3) is 11.6 Å². The van der Waals surface area contributed by atoms with Gasteiger partial charge in [-0.25, -0.2) is 4.39 Å². The molecule has 5 N–H and O–H groups in total. The van der Waals surface area contributed by atoms with Crippen molar-refractivity contribution >= 4 is 41.6 Å². The van der Waals surface area contributed by atoms with Crippen LogP contribution < -0.4 is 16.4 Å². The number of benzene rings is 1. The highest BCUT2D eigenvalue weighted by Crippen LogP contribution is 2.41. The molecule has 4 rings (SSSR count). The largest absolute Gasteiger partial charge is 0.366 e. The van der Waals surface area contributed by atoms with Crippen LogP contribution in [0.2, 0.25) is 0 Å². The maximum Gasteiger partial charge on any atom is 0.259 e. The minimum absolute atomic E-state index is 0. The normalized spacial score (nSPS) is 21.9. The molecule has 2 amide bonds. The van der Waals surface area contributed by atoms with Gasteiger partial charge in [0.05, 0.1) is 16.8 Å². The van der Waals surface area contributed by atoms with Gasteiger partial charge in [0.15, 0.2) is 0 Å². The van der Waals surface area contributed by atoms with E-state index in [0.29, 0.717) is 29.3 Å². The Hall–Kier alpha value is -2.64. The minimum atomic E-state index is -0.848. The molecule has 1 aromatic carbocycles. The van der Waals surface area contributed by atoms with Crippen LogP contribution in [0, 0.1) is 25.6 Å². The molecule has 2 heterocycles. The highest BCUT2D eigenvalue weighted by molar-refractivity contribution is 6.36. The number of carbonyl (C=O) groups excluding carboxylic acids is 2. The first-order chi connectivity index (χ1) is 14.2. The molecular weight excluding hydrogens is 419 g/mol. The first kappa shape index (κ1) is 23.0. The van der Waals surface area contributed by atoms with Crippen LogP contribution >= 0.6 is 12.4 Å². The molecule has 2 aliphatic rings. The third-order valence-corrected chi connectivity index (χ3v) is 6.22. The third-order valence-electron chi connectivity index (χ3n) is 6.22. The van der Waals surface area contributed by atoms with Gasteiger partial charge in [-0.05, 0) is 75.3 Å². The molecule has 166 valence electrons. The smallest absolute Gasteiger partial charge is 0.259 e. The van der Waals surface area contributed by atoms with Gasteiger partial charge in [0.1, 0.15) is 5.82 Å². The maximum atomic E-state index is 14.6. The van der Waals surface area contributed by atoms with Crippen LogP contribution in [0.4, 0.5) is 10.1 Å². The lowest BCUT2D eigenvalue weighted by Crippen LogP contribution is -2.36. The van der Waals surface area contributed by atoms with Crippen molar-refractivity contribution in [3.8, 4) is 0 Å². The number of nitrogens with two attached hydrogens (primary N) is 2. The van der Waals surface area contributed by atoms with Crippen molar-refractivity contribution in [1.29, 1.82) is 0 Å². The standard InChI is InChI=1S/C23H27FN4O2.ClH/c1-12-7-13(2)27-20(12)9-17-16-8-19(24)18(22(26)29)10-21(16)28(23(17)30)11-14-3-5-15(25)6-4-14;/h7-10,14-15,27H,3-6,11,25H2,1-2H3,(H2,26,29);1H/b17-9-;. The fraction of sp³-hybridized carbons (Fsp3) is 0.391. The topological polar surface area (TPSA) is 105 Å². The first-order valence-corrected chi connectivity index (χ1v) is 10.3. The van der Waals surface area contributed by atoms with E-state index >= 15 is 0 Å². The SMILES string of the molecule is Cc1cc(C)c(/C=C2\C(=O)N(CC3CCC(N)CC3)c3cc(C(N)=O)c(F)cc32)[nH]1.Cl. The Morgan fingerprint density at radius 3 is 2.48 bits per heavy atom. The number of amides is 2. The Kier molecular flexibility index (Phi) is 6.57. The molecule has 0 spiro atoms. The number of aromatic nitrogens is 1. The molecule has 1 aliphatic carbocycles. The van der Waals surface area contributed by atoms with Crippen LogP contribution in [0.1, 0.15) is 58.6 Å². The van der Waals surface area contributed by atoms with Crippen LogP contribution in [0.15, 0.2) is 18.2 Å². The Balaban J connectivity index is 0.00000272. The van der Waals surface area contributed by atoms with E-state index in [4.69, 9.17) is 11.5 Å². The van der Waals surface area contributed by atoms with Gasteiger partial charge in [-0.1, -0.05) is 0 Å². The summed E-state index contributed by atoms with van der Waals surface area (Å²) in [7, 11) is 0. The van der Waals surface area contributed by atoms with Crippen molar-refractivity contribution in [3.05, 3.63) is 52.1 Å². The summed E-state index contributed by atoms with van der Waals surface area (Å²) < 4.78 is 14.6. The summed E-state index contributed by atoms with van der Waals surface area (Å²) in [5.41, 5.74) is 15.4. The monoisotopic (exact) mass is 446 g/mol. The van der Waals surface area contributed by atoms with Crippen molar-refractivity contribution in [3.63, 3.8) is 0 Å². The number of aromatic amines is 1. The first-order valence-electron chi connectivity index (χ1n) is 10.3. The Bertz CT molecular complexity index is 1050. The number of hydrogen-bond acceptors (Lipinski definition) is 3. The van der Waals surface area contributed by atoms with E-state index in [0.717, 1.165) is 42.6 Å². The summed E-state index contributed by atoms with van der Waals surface area (Å²) in [6.07, 6.45) is 5.51. The number of H-pyrrole nitrogens is 1. The van der Waals surface area contributed by atoms with Crippen molar-refractivity contribution in [2.75, 3.05) is 11.4 Å². The van der Waals surface area contributed by atoms with Crippen LogP contribution in [0.5, 0.6) is 0 Å². The Morgan fingerprint density at radius 1 is 1.23 bits per heavy atom. The molecule has 31 heavy (non-hydrogen) atoms. The lowest BCUT2D eigenvalue weighted by atomic mass is 9.86. The summed E-state index contributed by atoms with van der Waals surface area (Å²) >= 11 is 0. The van der Waals surface area contributed by atoms with Gasteiger partial charge in [-0.3, -0.25) is 9.59 Å². The zero-order valence-electron chi connectivity index (χ0n) is 17.7. The zero-order valence-corrected chi connectivity index (χ0v) is 18.5. The highest BCUT2D eigenvalue weighted by atomic mass is 35.5. The number of nitrogens with one attached hydrogen (secondary N) is 1. The number of hydrogen-bond donors (Lipinski definition) is 3. The molecule has 0 bridgehead atoms. The molecule has 1 aliphatic heterocycles. The van der Waals surface area contributed by atoms with E-state index in [1.807, 2.05) is 19.9 Å². The summed E-state index contributed by atoms with van der Waals surface area (Å²) in [4.78, 5) is 30.0. The fourth-order valence-corrected chi connectivity index (χ4v) is 4.55. The number of anilines is 1. The van der Waals surface area contributed by atoms with Gasteiger partial charge in [0.2, 0.25) is 0 Å². The second-order valence-corrected chi connectivity index (χ2v) is 8.52. The molecular formula is C23H28ClFN4O2. The van der Waals surface area contributed by atoms with Gasteiger partial charge in [-0.15, -0.1) is 12.4 Å². The van der Waals surface area contributed by atoms with Crippen molar-refractivity contribution < 1.29 is 14.0 Å². The molecule has 0 radical (unpaired) electrons. The van der Waals surface area contributed by atoms with Crippen LogP contribution in [0.3, 0.4) is 0 Å². The maximum absolute atomic E-state index is 14.6. The second kappa shape index (κ2) is 8.85. The average Bonchev–Trinajstić information content (AvgIpc) is 3.13. The van der Waals surface area contributed by atoms with E-state index in [-0.39, 0.29) is 29.9 Å². The molecule has 2 aromatic rings. The summed E-state index contributed by atoms with van der Waals surface area (Å²) in [6.45, 7) is 4.41. The summed E-state index contributed by atoms with van der Waals surface area (Å²) in [5.74, 6) is -1.44. The number of primary amides is 1. The van der Waals surface area contributed by atoms with E-state index in [2.05, 4.69) is 4.98 Å². The molecule has 0 saturated heterocycles. The summed E-state index contributed by atoms with van der Waals surface area (Å²) in [6, 6.07) is 4.87. The number of rotatable bonds is 4. The van der Waals surface area contributed by atoms with Gasteiger partial charge in [-0.2, -0.15) is 0 Å². The predicted molar refractivity (Wildman–Crippen MR) is 123 cm³/mol. The van der Waals surface area contributed by atoms with Crippen molar-refractivity contribution in [2.45, 2.75) is 45.6 Å². The Morgan fingerprint density at radius 2 is 1.90 bits per heavy atom. The number of halogens is 2. The van der Waals surface area contributed by atoms with Crippen molar-refractivity contribution in [1.82, 2.24) is 4.98 Å². The molecule has 8 heteroatoms. The van der Waals surface area contributed by atoms with Gasteiger partial charge >= 0.3 is 0 Å². The third kappa shape index (κ3) is 4.38. The molecule has 0 unspecified atom stereocenters. The van der Waals surface area contributed by atoms with Gasteiger partial charge in [0, 0.05) is 29.5 Å². The van der Waals surface area contributed by atoms with Crippen LogP contribution in [-0.2, 0) is 4.79 Å². The zero-order chi connectivity index (χ0) is 21.6. The second-order valence-electron chi connectivity index (χ2n) is 8.52. The van der Waals surface area contributed by atoms with E-state index < -0.39 is 11.7 Å². The quantitative estimate of drug-likeness (QED) is 0.623. The molecule has 1 aromatic heterocycles. The van der Waals surface area contributed by atoms with Gasteiger partial charge in [0.25, 0.3) is 11.8 Å². The Labute approximate surface area is 187 Å². The van der Waals surface area contributed by atoms with Gasteiger partial charge < -0.3 is 21.4 Å². The number of nitrogens with zero attached hydrogens (tertiary/aromatic N) is 1. The fourth-order valence-electron chi connectivity index (χ4n) is 4.55. The average molecular weight is 447 g/mol. The minimum Gasteiger partial charge on any atom is -0.366 e. The predicted octanol–water partition coefficient (Wildman–Crippen LogP) is 3.70. The number of fused-ring (bicyclic) bond motifs is 1. The van der Waals surface area contributed by atoms with E-state index in [1.165, 1.54) is 12.1 Å². The molecule has 1 saturated carbocycles. The lowest BCUT2D eigenvalue weighted by molar-refractivity contribution is -0.113. The van der Waals surface area contributed by atoms with Crippen molar-refractivity contribution in [2.24, 2.45) is 17.4 Å². The molecule has 1 fully saturated rings. The number of aryl methyl sites for hydroxylation is 2. The lowest BCUT2D eigenvalue weighted by Gasteiger charge is -2.30. The van der Waals surface area contributed by atoms with Crippen LogP contribution in [-0.4, -0.2) is 29.4 Å².